The van der Waals surface area contributed by atoms with Crippen LogP contribution in [0, 0.1) is 6.92 Å². The summed E-state index contributed by atoms with van der Waals surface area (Å²) in [6, 6.07) is 12.3. The van der Waals surface area contributed by atoms with Gasteiger partial charge in [0.25, 0.3) is 0 Å². The average molecular weight is 302 g/mol. The number of aldehydes is 1. The van der Waals surface area contributed by atoms with E-state index in [4.69, 9.17) is 0 Å². The van der Waals surface area contributed by atoms with Gasteiger partial charge >= 0.3 is 0 Å². The number of Topliss-reactive ketones (excluding diaryl/α,β-unsaturated/α-hetero) is 1. The van der Waals surface area contributed by atoms with E-state index in [0.29, 0.717) is 11.8 Å². The quantitative estimate of drug-likeness (QED) is 0.628. The first-order valence-electron chi connectivity index (χ1n) is 6.30. The highest BCUT2D eigenvalue weighted by Crippen LogP contribution is 2.14. The number of rotatable bonds is 5. The Morgan fingerprint density at radius 2 is 1.76 bits per heavy atom. The number of hydrogen-bond donors (Lipinski definition) is 0. The van der Waals surface area contributed by atoms with Crippen molar-refractivity contribution in [2.24, 2.45) is 0 Å². The van der Waals surface area contributed by atoms with Crippen LogP contribution in [0.5, 0.6) is 0 Å². The molecule has 0 heterocycles. The molecule has 0 atom stereocenters. The molecule has 4 nitrogen and oxygen atoms in total. The minimum atomic E-state index is -3.68. The van der Waals surface area contributed by atoms with Gasteiger partial charge in [0.1, 0.15) is 12.0 Å². The van der Waals surface area contributed by atoms with Crippen LogP contribution in [-0.4, -0.2) is 26.2 Å². The molecule has 0 saturated carbocycles. The maximum atomic E-state index is 12.2. The van der Waals surface area contributed by atoms with Crippen molar-refractivity contribution in [3.05, 3.63) is 65.2 Å². The zero-order valence-electron chi connectivity index (χ0n) is 11.4. The van der Waals surface area contributed by atoms with Crippen molar-refractivity contribution in [2.45, 2.75) is 11.8 Å². The average Bonchev–Trinajstić information content (AvgIpc) is 2.47. The summed E-state index contributed by atoms with van der Waals surface area (Å²) < 4.78 is 24.4. The van der Waals surface area contributed by atoms with Gasteiger partial charge in [-0.05, 0) is 25.1 Å². The van der Waals surface area contributed by atoms with Gasteiger partial charge in [0.2, 0.25) is 0 Å². The fourth-order valence-corrected chi connectivity index (χ4v) is 3.10. The van der Waals surface area contributed by atoms with Crippen LogP contribution in [0.25, 0.3) is 0 Å². The fourth-order valence-electron chi connectivity index (χ4n) is 1.87. The lowest BCUT2D eigenvalue weighted by Crippen LogP contribution is -2.16. The summed E-state index contributed by atoms with van der Waals surface area (Å²) in [6.07, 6.45) is 0.616. The third-order valence-corrected chi connectivity index (χ3v) is 4.68. The smallest absolute Gasteiger partial charge is 0.185 e. The predicted octanol–water partition coefficient (Wildman–Crippen LogP) is 2.46. The van der Waals surface area contributed by atoms with Crippen molar-refractivity contribution < 1.29 is 18.0 Å². The standard InChI is InChI=1S/C16H14O4S/c1-12-5-7-15(8-6-12)21(19,20)11-16(18)14-4-2-3-13(9-14)10-17/h2-10H,11H2,1H3. The van der Waals surface area contributed by atoms with E-state index in [1.807, 2.05) is 6.92 Å². The Kier molecular flexibility index (Phi) is 4.33. The van der Waals surface area contributed by atoms with E-state index in [2.05, 4.69) is 0 Å². The summed E-state index contributed by atoms with van der Waals surface area (Å²) in [5.74, 6) is -1.14. The van der Waals surface area contributed by atoms with E-state index in [9.17, 15) is 18.0 Å². The van der Waals surface area contributed by atoms with Gasteiger partial charge in [-0.15, -0.1) is 0 Å². The van der Waals surface area contributed by atoms with E-state index < -0.39 is 21.4 Å². The molecule has 0 aliphatic rings. The Bertz CT molecular complexity index is 774. The van der Waals surface area contributed by atoms with E-state index in [1.165, 1.54) is 24.3 Å². The van der Waals surface area contributed by atoms with Crippen molar-refractivity contribution in [3.8, 4) is 0 Å². The molecule has 0 N–H and O–H groups in total. The van der Waals surface area contributed by atoms with Gasteiger partial charge < -0.3 is 0 Å². The number of carbonyl (C=O) groups excluding carboxylic acids is 2. The third-order valence-electron chi connectivity index (χ3n) is 3.05. The monoisotopic (exact) mass is 302 g/mol. The lowest BCUT2D eigenvalue weighted by molar-refractivity contribution is 0.102. The maximum Gasteiger partial charge on any atom is 0.185 e. The van der Waals surface area contributed by atoms with Gasteiger partial charge in [0.15, 0.2) is 15.6 Å². The molecule has 0 aliphatic heterocycles. The van der Waals surface area contributed by atoms with Crippen LogP contribution in [0.3, 0.4) is 0 Å². The Balaban J connectivity index is 2.25. The van der Waals surface area contributed by atoms with E-state index in [1.54, 1.807) is 24.3 Å². The molecule has 21 heavy (non-hydrogen) atoms. The minimum absolute atomic E-state index is 0.119. The number of aryl methyl sites for hydroxylation is 1. The van der Waals surface area contributed by atoms with Crippen LogP contribution in [0.2, 0.25) is 0 Å². The molecule has 0 radical (unpaired) electrons. The fraction of sp³-hybridized carbons (Fsp3) is 0.125. The highest BCUT2D eigenvalue weighted by molar-refractivity contribution is 7.92. The highest BCUT2D eigenvalue weighted by Gasteiger charge is 2.20. The first-order chi connectivity index (χ1) is 9.92. The summed E-state index contributed by atoms with van der Waals surface area (Å²) in [7, 11) is -3.68. The lowest BCUT2D eigenvalue weighted by atomic mass is 10.1. The molecule has 2 aromatic carbocycles. The van der Waals surface area contributed by atoms with Crippen molar-refractivity contribution in [1.82, 2.24) is 0 Å². The number of benzene rings is 2. The maximum absolute atomic E-state index is 12.2. The van der Waals surface area contributed by atoms with Crippen molar-refractivity contribution in [2.75, 3.05) is 5.75 Å². The SMILES string of the molecule is Cc1ccc(S(=O)(=O)CC(=O)c2cccc(C=O)c2)cc1. The highest BCUT2D eigenvalue weighted by atomic mass is 32.2. The van der Waals surface area contributed by atoms with Gasteiger partial charge in [0, 0.05) is 11.1 Å². The second kappa shape index (κ2) is 6.01. The van der Waals surface area contributed by atoms with Gasteiger partial charge in [-0.3, -0.25) is 9.59 Å². The van der Waals surface area contributed by atoms with E-state index in [-0.39, 0.29) is 10.5 Å². The summed E-state index contributed by atoms with van der Waals surface area (Å²) in [6.45, 7) is 1.85. The van der Waals surface area contributed by atoms with Crippen LogP contribution in [0.1, 0.15) is 26.3 Å². The zero-order valence-corrected chi connectivity index (χ0v) is 12.3. The zero-order chi connectivity index (χ0) is 15.5. The van der Waals surface area contributed by atoms with Crippen LogP contribution in [0.4, 0.5) is 0 Å². The van der Waals surface area contributed by atoms with Crippen LogP contribution in [-0.2, 0) is 9.84 Å². The van der Waals surface area contributed by atoms with Crippen LogP contribution in [0.15, 0.2) is 53.4 Å². The molecule has 0 amide bonds. The molecule has 2 rings (SSSR count). The second-order valence-electron chi connectivity index (χ2n) is 4.74. The Morgan fingerprint density at radius 1 is 1.10 bits per heavy atom. The molecule has 108 valence electrons. The van der Waals surface area contributed by atoms with E-state index in [0.717, 1.165) is 5.56 Å². The topological polar surface area (TPSA) is 68.3 Å². The predicted molar refractivity (Wildman–Crippen MR) is 79.4 cm³/mol. The first kappa shape index (κ1) is 15.1. The summed E-state index contributed by atoms with van der Waals surface area (Å²) in [4.78, 5) is 22.9. The largest absolute Gasteiger partial charge is 0.298 e. The Morgan fingerprint density at radius 3 is 2.38 bits per heavy atom. The van der Waals surface area contributed by atoms with Gasteiger partial charge in [0.05, 0.1) is 4.90 Å². The van der Waals surface area contributed by atoms with Gasteiger partial charge in [-0.2, -0.15) is 0 Å². The van der Waals surface area contributed by atoms with E-state index >= 15 is 0 Å². The molecule has 0 spiro atoms. The van der Waals surface area contributed by atoms with Crippen LogP contribution >= 0.6 is 0 Å². The van der Waals surface area contributed by atoms with Gasteiger partial charge in [-0.1, -0.05) is 35.9 Å². The second-order valence-corrected chi connectivity index (χ2v) is 6.73. The normalized spacial score (nSPS) is 11.1. The van der Waals surface area contributed by atoms with Crippen LogP contribution < -0.4 is 0 Å². The minimum Gasteiger partial charge on any atom is -0.298 e. The Labute approximate surface area is 123 Å². The van der Waals surface area contributed by atoms with Crippen molar-refractivity contribution in [3.63, 3.8) is 0 Å². The Hall–Kier alpha value is -2.27. The molecular formula is C16H14O4S. The van der Waals surface area contributed by atoms with Gasteiger partial charge in [-0.25, -0.2) is 8.42 Å². The number of sulfone groups is 1. The summed E-state index contributed by atoms with van der Waals surface area (Å²) >= 11 is 0. The molecule has 0 aliphatic carbocycles. The molecule has 0 bridgehead atoms. The summed E-state index contributed by atoms with van der Waals surface area (Å²) in [5, 5.41) is 0. The number of carbonyl (C=O) groups is 2. The lowest BCUT2D eigenvalue weighted by Gasteiger charge is -2.05. The molecule has 0 unspecified atom stereocenters. The van der Waals surface area contributed by atoms with Crippen molar-refractivity contribution >= 4 is 21.9 Å². The molecule has 0 fully saturated rings. The molecular weight excluding hydrogens is 288 g/mol. The molecule has 0 saturated heterocycles. The third kappa shape index (κ3) is 3.64. The number of ketones is 1. The van der Waals surface area contributed by atoms with Crippen molar-refractivity contribution in [1.29, 1.82) is 0 Å². The summed E-state index contributed by atoms with van der Waals surface area (Å²) in [5.41, 5.74) is 1.50. The molecule has 2 aromatic rings. The molecule has 0 aromatic heterocycles. The first-order valence-corrected chi connectivity index (χ1v) is 7.95. The molecule has 5 heteroatoms. The number of hydrogen-bond acceptors (Lipinski definition) is 4.